The van der Waals surface area contributed by atoms with Crippen molar-refractivity contribution >= 4 is 11.6 Å². The van der Waals surface area contributed by atoms with E-state index in [0.29, 0.717) is 6.04 Å². The number of ether oxygens (including phenoxy) is 1. The molecule has 2 aliphatic rings. The molecule has 0 aromatic heterocycles. The van der Waals surface area contributed by atoms with Gasteiger partial charge in [-0.3, -0.25) is 4.79 Å². The highest BCUT2D eigenvalue weighted by molar-refractivity contribution is 5.82. The minimum Gasteiger partial charge on any atom is -0.497 e. The molecule has 4 rings (SSSR count). The van der Waals surface area contributed by atoms with Crippen molar-refractivity contribution in [1.82, 2.24) is 5.32 Å². The molecule has 0 unspecified atom stereocenters. The lowest BCUT2D eigenvalue weighted by Crippen LogP contribution is -3.16. The van der Waals surface area contributed by atoms with E-state index in [1.165, 1.54) is 10.6 Å². The van der Waals surface area contributed by atoms with Gasteiger partial charge in [0.25, 0.3) is 5.91 Å². The number of hydrogen-bond donors (Lipinski definition) is 2. The number of quaternary nitrogens is 1. The normalized spacial score (nSPS) is 18.8. The second-order valence-corrected chi connectivity index (χ2v) is 7.47. The highest BCUT2D eigenvalue weighted by Gasteiger charge is 2.36. The predicted molar refractivity (Wildman–Crippen MR) is 106 cm³/mol. The lowest BCUT2D eigenvalue weighted by atomic mass is 10.0. The van der Waals surface area contributed by atoms with Crippen LogP contribution in [0, 0.1) is 0 Å². The summed E-state index contributed by atoms with van der Waals surface area (Å²) < 4.78 is 5.25. The lowest BCUT2D eigenvalue weighted by Gasteiger charge is -2.37. The van der Waals surface area contributed by atoms with Gasteiger partial charge < -0.3 is 19.9 Å². The van der Waals surface area contributed by atoms with E-state index in [1.54, 1.807) is 7.11 Å². The summed E-state index contributed by atoms with van der Waals surface area (Å²) >= 11 is 0. The minimum atomic E-state index is -0.121. The van der Waals surface area contributed by atoms with E-state index >= 15 is 0 Å². The monoisotopic (exact) mass is 366 g/mol. The summed E-state index contributed by atoms with van der Waals surface area (Å²) in [6, 6.07) is 18.7. The molecule has 2 aromatic rings. The van der Waals surface area contributed by atoms with Gasteiger partial charge >= 0.3 is 0 Å². The van der Waals surface area contributed by atoms with Crippen LogP contribution in [0.3, 0.4) is 0 Å². The topological polar surface area (TPSA) is 46.0 Å². The summed E-state index contributed by atoms with van der Waals surface area (Å²) in [5.41, 5.74) is 2.33. The SMILES string of the molecule is COc1ccc(N2CC[NH+]([C@H](C(=O)NC3CC3)c3ccccc3)CC2)cc1. The molecule has 0 radical (unpaired) electrons. The van der Waals surface area contributed by atoms with Crippen LogP contribution in [0.25, 0.3) is 0 Å². The second-order valence-electron chi connectivity index (χ2n) is 7.47. The first kappa shape index (κ1) is 17.9. The molecule has 1 amide bonds. The summed E-state index contributed by atoms with van der Waals surface area (Å²) in [4.78, 5) is 16.7. The average Bonchev–Trinajstić information content (AvgIpc) is 3.54. The highest BCUT2D eigenvalue weighted by atomic mass is 16.5. The van der Waals surface area contributed by atoms with E-state index in [4.69, 9.17) is 4.74 Å². The number of benzene rings is 2. The van der Waals surface area contributed by atoms with Crippen molar-refractivity contribution in [2.75, 3.05) is 38.2 Å². The summed E-state index contributed by atoms with van der Waals surface area (Å²) in [6.07, 6.45) is 2.24. The molecular weight excluding hydrogens is 338 g/mol. The molecule has 2 aromatic carbocycles. The molecule has 1 saturated carbocycles. The summed E-state index contributed by atoms with van der Waals surface area (Å²) in [7, 11) is 1.69. The Kier molecular flexibility index (Phi) is 5.30. The van der Waals surface area contributed by atoms with Crippen LogP contribution < -0.4 is 19.9 Å². The van der Waals surface area contributed by atoms with Crippen molar-refractivity contribution in [3.8, 4) is 5.75 Å². The molecule has 5 nitrogen and oxygen atoms in total. The molecule has 1 aliphatic heterocycles. The Labute approximate surface area is 160 Å². The van der Waals surface area contributed by atoms with Crippen LogP contribution in [0.15, 0.2) is 54.6 Å². The number of hydrogen-bond acceptors (Lipinski definition) is 3. The highest BCUT2D eigenvalue weighted by Crippen LogP contribution is 2.21. The Morgan fingerprint density at radius 2 is 1.74 bits per heavy atom. The number of amides is 1. The molecule has 1 heterocycles. The standard InChI is InChI=1S/C22H27N3O2/c1-27-20-11-9-19(10-12-20)24-13-15-25(16-14-24)21(17-5-3-2-4-6-17)22(26)23-18-7-8-18/h2-6,9-12,18,21H,7-8,13-16H2,1H3,(H,23,26)/p+1/t21-/m0/s1. The molecule has 1 aliphatic carbocycles. The Morgan fingerprint density at radius 3 is 2.33 bits per heavy atom. The van der Waals surface area contributed by atoms with Crippen molar-refractivity contribution in [3.63, 3.8) is 0 Å². The van der Waals surface area contributed by atoms with Crippen LogP contribution in [0.4, 0.5) is 5.69 Å². The first-order valence-electron chi connectivity index (χ1n) is 9.83. The van der Waals surface area contributed by atoms with Gasteiger partial charge in [-0.05, 0) is 37.1 Å². The molecule has 1 atom stereocenters. The van der Waals surface area contributed by atoms with Crippen LogP contribution in [-0.4, -0.2) is 45.2 Å². The molecule has 142 valence electrons. The third kappa shape index (κ3) is 4.25. The number of nitrogens with one attached hydrogen (secondary N) is 2. The van der Waals surface area contributed by atoms with E-state index in [2.05, 4.69) is 34.5 Å². The van der Waals surface area contributed by atoms with E-state index < -0.39 is 0 Å². The number of carbonyl (C=O) groups excluding carboxylic acids is 1. The first-order chi connectivity index (χ1) is 13.2. The molecule has 0 bridgehead atoms. The van der Waals surface area contributed by atoms with Gasteiger partial charge in [-0.15, -0.1) is 0 Å². The van der Waals surface area contributed by atoms with Crippen LogP contribution in [0.5, 0.6) is 5.75 Å². The number of carbonyl (C=O) groups is 1. The Morgan fingerprint density at radius 1 is 1.07 bits per heavy atom. The van der Waals surface area contributed by atoms with Crippen LogP contribution >= 0.6 is 0 Å². The van der Waals surface area contributed by atoms with Crippen molar-refractivity contribution < 1.29 is 14.4 Å². The zero-order chi connectivity index (χ0) is 18.6. The van der Waals surface area contributed by atoms with E-state index in [1.807, 2.05) is 30.3 Å². The lowest BCUT2D eigenvalue weighted by molar-refractivity contribution is -0.922. The maximum Gasteiger partial charge on any atom is 0.283 e. The number of methoxy groups -OCH3 is 1. The minimum absolute atomic E-state index is 0.121. The average molecular weight is 366 g/mol. The van der Waals surface area contributed by atoms with Gasteiger partial charge in [0, 0.05) is 17.3 Å². The van der Waals surface area contributed by atoms with Crippen molar-refractivity contribution in [1.29, 1.82) is 0 Å². The fourth-order valence-electron chi connectivity index (χ4n) is 3.86. The van der Waals surface area contributed by atoms with Gasteiger partial charge in [-0.1, -0.05) is 30.3 Å². The van der Waals surface area contributed by atoms with Gasteiger partial charge in [-0.25, -0.2) is 0 Å². The summed E-state index contributed by atoms with van der Waals surface area (Å²) in [5, 5.41) is 3.22. The van der Waals surface area contributed by atoms with Gasteiger partial charge in [0.1, 0.15) is 5.75 Å². The molecule has 27 heavy (non-hydrogen) atoms. The van der Waals surface area contributed by atoms with Crippen LogP contribution in [0.2, 0.25) is 0 Å². The number of nitrogens with zero attached hydrogens (tertiary/aromatic N) is 1. The summed E-state index contributed by atoms with van der Waals surface area (Å²) in [6.45, 7) is 3.79. The van der Waals surface area contributed by atoms with Crippen molar-refractivity contribution in [3.05, 3.63) is 60.2 Å². The fourth-order valence-corrected chi connectivity index (χ4v) is 3.86. The predicted octanol–water partition coefficient (Wildman–Crippen LogP) is 1.42. The fraction of sp³-hybridized carbons (Fsp3) is 0.409. The van der Waals surface area contributed by atoms with E-state index in [-0.39, 0.29) is 11.9 Å². The second kappa shape index (κ2) is 8.01. The molecular formula is C22H28N3O2+. The Hall–Kier alpha value is -2.53. The third-order valence-corrected chi connectivity index (χ3v) is 5.57. The van der Waals surface area contributed by atoms with Gasteiger partial charge in [0.05, 0.1) is 33.3 Å². The molecule has 0 spiro atoms. The van der Waals surface area contributed by atoms with Crippen molar-refractivity contribution in [2.24, 2.45) is 0 Å². The molecule has 2 N–H and O–H groups in total. The molecule has 2 fully saturated rings. The molecule has 1 saturated heterocycles. The van der Waals surface area contributed by atoms with Crippen LogP contribution in [-0.2, 0) is 4.79 Å². The van der Waals surface area contributed by atoms with E-state index in [9.17, 15) is 4.79 Å². The van der Waals surface area contributed by atoms with Gasteiger partial charge in [0.2, 0.25) is 0 Å². The largest absolute Gasteiger partial charge is 0.497 e. The van der Waals surface area contributed by atoms with Gasteiger partial charge in [-0.2, -0.15) is 0 Å². The maximum atomic E-state index is 13.0. The Bertz CT molecular complexity index is 751. The van der Waals surface area contributed by atoms with E-state index in [0.717, 1.165) is 50.3 Å². The smallest absolute Gasteiger partial charge is 0.283 e. The Balaban J connectivity index is 1.45. The van der Waals surface area contributed by atoms with Crippen LogP contribution in [0.1, 0.15) is 24.4 Å². The number of anilines is 1. The quantitative estimate of drug-likeness (QED) is 0.813. The summed E-state index contributed by atoms with van der Waals surface area (Å²) in [5.74, 6) is 1.06. The number of piperazine rings is 1. The maximum absolute atomic E-state index is 13.0. The first-order valence-corrected chi connectivity index (χ1v) is 9.83. The zero-order valence-electron chi connectivity index (χ0n) is 15.9. The third-order valence-electron chi connectivity index (χ3n) is 5.57. The van der Waals surface area contributed by atoms with Gasteiger partial charge in [0.15, 0.2) is 6.04 Å². The van der Waals surface area contributed by atoms with Crippen molar-refractivity contribution in [2.45, 2.75) is 24.9 Å². The molecule has 5 heteroatoms. The number of rotatable bonds is 6. The zero-order valence-corrected chi connectivity index (χ0v) is 15.9.